The molecule has 0 aromatic carbocycles. The number of carbonyl (C=O) groups excluding carboxylic acids is 1. The van der Waals surface area contributed by atoms with Crippen LogP contribution in [0.4, 0.5) is 0 Å². The molecule has 5 heteroatoms. The topological polar surface area (TPSA) is 41.6 Å². The lowest BCUT2D eigenvalue weighted by Crippen LogP contribution is -2.49. The summed E-state index contributed by atoms with van der Waals surface area (Å²) in [6, 6.07) is 0.675. The van der Waals surface area contributed by atoms with Crippen LogP contribution in [0.1, 0.15) is 46.0 Å². The molecular formula is C15H29ClN2O2. The van der Waals surface area contributed by atoms with Crippen LogP contribution >= 0.6 is 12.4 Å². The van der Waals surface area contributed by atoms with Gasteiger partial charge in [0.15, 0.2) is 0 Å². The van der Waals surface area contributed by atoms with Crippen LogP contribution in [-0.2, 0) is 9.53 Å². The summed E-state index contributed by atoms with van der Waals surface area (Å²) in [6.45, 7) is 7.75. The molecule has 2 rings (SSSR count). The summed E-state index contributed by atoms with van der Waals surface area (Å²) in [4.78, 5) is 14.6. The maximum Gasteiger partial charge on any atom is 0.224 e. The van der Waals surface area contributed by atoms with Gasteiger partial charge in [-0.1, -0.05) is 13.8 Å². The third-order valence-corrected chi connectivity index (χ3v) is 4.11. The molecule has 0 aromatic heterocycles. The molecule has 2 unspecified atom stereocenters. The minimum atomic E-state index is 0. The summed E-state index contributed by atoms with van der Waals surface area (Å²) in [7, 11) is 0. The van der Waals surface area contributed by atoms with Crippen molar-refractivity contribution in [2.45, 2.75) is 58.0 Å². The predicted octanol–water partition coefficient (Wildman–Crippen LogP) is 2.21. The number of rotatable bonds is 4. The van der Waals surface area contributed by atoms with Gasteiger partial charge in [0.1, 0.15) is 0 Å². The first-order chi connectivity index (χ1) is 9.16. The number of carbonyl (C=O) groups is 1. The van der Waals surface area contributed by atoms with Gasteiger partial charge in [0, 0.05) is 31.6 Å². The molecule has 2 saturated heterocycles. The number of halogens is 1. The number of morpholine rings is 1. The largest absolute Gasteiger partial charge is 0.378 e. The zero-order valence-corrected chi connectivity index (χ0v) is 13.6. The van der Waals surface area contributed by atoms with Crippen molar-refractivity contribution in [3.8, 4) is 0 Å². The molecule has 1 amide bonds. The number of piperidine rings is 1. The van der Waals surface area contributed by atoms with E-state index in [0.717, 1.165) is 32.5 Å². The van der Waals surface area contributed by atoms with Crippen molar-refractivity contribution < 1.29 is 9.53 Å². The normalized spacial score (nSPS) is 27.2. The first-order valence-electron chi connectivity index (χ1n) is 7.77. The van der Waals surface area contributed by atoms with Crippen LogP contribution in [0.25, 0.3) is 0 Å². The molecule has 0 spiro atoms. The van der Waals surface area contributed by atoms with E-state index in [1.165, 1.54) is 12.8 Å². The van der Waals surface area contributed by atoms with Crippen molar-refractivity contribution in [3.05, 3.63) is 0 Å². The molecule has 2 aliphatic rings. The van der Waals surface area contributed by atoms with Gasteiger partial charge in [0.25, 0.3) is 0 Å². The van der Waals surface area contributed by atoms with E-state index in [4.69, 9.17) is 4.74 Å². The van der Waals surface area contributed by atoms with Crippen LogP contribution in [0.2, 0.25) is 0 Å². The number of hydrogen-bond acceptors (Lipinski definition) is 3. The maximum absolute atomic E-state index is 12.5. The highest BCUT2D eigenvalue weighted by molar-refractivity contribution is 5.85. The lowest BCUT2D eigenvalue weighted by atomic mass is 9.93. The first-order valence-corrected chi connectivity index (χ1v) is 7.77. The average molecular weight is 305 g/mol. The fourth-order valence-corrected chi connectivity index (χ4v) is 3.20. The Kier molecular flexibility index (Phi) is 7.85. The van der Waals surface area contributed by atoms with Crippen LogP contribution in [0.15, 0.2) is 0 Å². The molecule has 0 saturated carbocycles. The van der Waals surface area contributed by atoms with Crippen LogP contribution in [0.3, 0.4) is 0 Å². The van der Waals surface area contributed by atoms with Crippen molar-refractivity contribution in [3.63, 3.8) is 0 Å². The van der Waals surface area contributed by atoms with E-state index >= 15 is 0 Å². The Balaban J connectivity index is 0.00000200. The molecule has 2 atom stereocenters. The molecule has 4 nitrogen and oxygen atoms in total. The highest BCUT2D eigenvalue weighted by Gasteiger charge is 2.29. The standard InChI is InChI=1S/C15H28N2O2.ClH/c1-12(2)9-14-5-3-4-7-17(14)15(18)10-13-11-19-8-6-16-13;/h12-14,16H,3-11H2,1-2H3;1H. The zero-order valence-electron chi connectivity index (χ0n) is 12.8. The summed E-state index contributed by atoms with van der Waals surface area (Å²) < 4.78 is 5.43. The molecule has 118 valence electrons. The van der Waals surface area contributed by atoms with E-state index < -0.39 is 0 Å². The van der Waals surface area contributed by atoms with Crippen molar-refractivity contribution in [2.75, 3.05) is 26.3 Å². The van der Waals surface area contributed by atoms with Crippen LogP contribution in [0.5, 0.6) is 0 Å². The Morgan fingerprint density at radius 3 is 2.85 bits per heavy atom. The Labute approximate surface area is 129 Å². The number of hydrogen-bond donors (Lipinski definition) is 1. The third-order valence-electron chi connectivity index (χ3n) is 4.11. The van der Waals surface area contributed by atoms with Gasteiger partial charge in [-0.25, -0.2) is 0 Å². The van der Waals surface area contributed by atoms with Gasteiger partial charge < -0.3 is 15.0 Å². The van der Waals surface area contributed by atoms with E-state index in [2.05, 4.69) is 24.1 Å². The molecule has 20 heavy (non-hydrogen) atoms. The van der Waals surface area contributed by atoms with Gasteiger partial charge in [-0.15, -0.1) is 12.4 Å². The monoisotopic (exact) mass is 304 g/mol. The van der Waals surface area contributed by atoms with Gasteiger partial charge in [-0.05, 0) is 31.6 Å². The summed E-state index contributed by atoms with van der Waals surface area (Å²) in [6.07, 6.45) is 5.34. The highest BCUT2D eigenvalue weighted by Crippen LogP contribution is 2.23. The number of amides is 1. The van der Waals surface area contributed by atoms with E-state index in [1.54, 1.807) is 0 Å². The van der Waals surface area contributed by atoms with Crippen molar-refractivity contribution in [2.24, 2.45) is 5.92 Å². The van der Waals surface area contributed by atoms with Crippen molar-refractivity contribution in [1.29, 1.82) is 0 Å². The number of ether oxygens (including phenoxy) is 1. The van der Waals surface area contributed by atoms with Gasteiger partial charge >= 0.3 is 0 Å². The van der Waals surface area contributed by atoms with Crippen LogP contribution in [-0.4, -0.2) is 49.2 Å². The first kappa shape index (κ1) is 17.7. The smallest absolute Gasteiger partial charge is 0.224 e. The Hall–Kier alpha value is -0.320. The highest BCUT2D eigenvalue weighted by atomic mass is 35.5. The number of nitrogens with zero attached hydrogens (tertiary/aromatic N) is 1. The predicted molar refractivity (Wildman–Crippen MR) is 83.3 cm³/mol. The molecule has 0 aromatic rings. The molecule has 1 N–H and O–H groups in total. The average Bonchev–Trinajstić information content (AvgIpc) is 2.39. The van der Waals surface area contributed by atoms with E-state index in [9.17, 15) is 4.79 Å². The molecule has 0 bridgehead atoms. The van der Waals surface area contributed by atoms with Crippen molar-refractivity contribution >= 4 is 18.3 Å². The second kappa shape index (κ2) is 8.85. The van der Waals surface area contributed by atoms with Crippen molar-refractivity contribution in [1.82, 2.24) is 10.2 Å². The van der Waals surface area contributed by atoms with E-state index in [-0.39, 0.29) is 18.4 Å². The van der Waals surface area contributed by atoms with Gasteiger partial charge in [0.05, 0.1) is 13.2 Å². The molecule has 0 radical (unpaired) electrons. The summed E-state index contributed by atoms with van der Waals surface area (Å²) in [5.41, 5.74) is 0. The van der Waals surface area contributed by atoms with Gasteiger partial charge in [-0.3, -0.25) is 4.79 Å². The Bertz CT molecular complexity index is 294. The van der Waals surface area contributed by atoms with Gasteiger partial charge in [-0.2, -0.15) is 0 Å². The third kappa shape index (κ3) is 5.23. The van der Waals surface area contributed by atoms with E-state index in [1.807, 2.05) is 0 Å². The zero-order chi connectivity index (χ0) is 13.7. The summed E-state index contributed by atoms with van der Waals surface area (Å²) in [5, 5.41) is 3.37. The number of likely N-dealkylation sites (tertiary alicyclic amines) is 1. The molecule has 2 heterocycles. The summed E-state index contributed by atoms with van der Waals surface area (Å²) >= 11 is 0. The Morgan fingerprint density at radius 2 is 2.20 bits per heavy atom. The minimum Gasteiger partial charge on any atom is -0.378 e. The second-order valence-corrected chi connectivity index (χ2v) is 6.30. The lowest BCUT2D eigenvalue weighted by molar-refractivity contribution is -0.136. The molecule has 2 fully saturated rings. The fourth-order valence-electron chi connectivity index (χ4n) is 3.20. The molecular weight excluding hydrogens is 276 g/mol. The quantitative estimate of drug-likeness (QED) is 0.866. The SMILES string of the molecule is CC(C)CC1CCCCN1C(=O)CC1COCCN1.Cl. The number of nitrogens with one attached hydrogen (secondary N) is 1. The minimum absolute atomic E-state index is 0. The molecule has 2 aliphatic heterocycles. The fraction of sp³-hybridized carbons (Fsp3) is 0.933. The summed E-state index contributed by atoms with van der Waals surface area (Å²) in [5.74, 6) is 0.975. The van der Waals surface area contributed by atoms with E-state index in [0.29, 0.717) is 30.9 Å². The van der Waals surface area contributed by atoms with Crippen LogP contribution in [0, 0.1) is 5.92 Å². The Morgan fingerprint density at radius 1 is 1.40 bits per heavy atom. The van der Waals surface area contributed by atoms with Gasteiger partial charge in [0.2, 0.25) is 5.91 Å². The molecule has 0 aliphatic carbocycles. The maximum atomic E-state index is 12.5. The second-order valence-electron chi connectivity index (χ2n) is 6.30. The van der Waals surface area contributed by atoms with Crippen LogP contribution < -0.4 is 5.32 Å². The lowest BCUT2D eigenvalue weighted by Gasteiger charge is -2.38.